The molecule has 1 aromatic heterocycles. The molecule has 0 bridgehead atoms. The summed E-state index contributed by atoms with van der Waals surface area (Å²) < 4.78 is 6.51. The number of benzene rings is 3. The monoisotopic (exact) mass is 430 g/mol. The molecule has 3 aromatic carbocycles. The Morgan fingerprint density at radius 1 is 1.03 bits per heavy atom. The number of methoxy groups -OCH3 is 1. The van der Waals surface area contributed by atoms with Crippen molar-refractivity contribution in [2.75, 3.05) is 27.7 Å². The summed E-state index contributed by atoms with van der Waals surface area (Å²) >= 11 is 0. The summed E-state index contributed by atoms with van der Waals surface area (Å²) in [5.74, 6) is 0.729. The predicted molar refractivity (Wildman–Crippen MR) is 124 cm³/mol. The quantitative estimate of drug-likeness (QED) is 0.507. The minimum atomic E-state index is -0.235. The zero-order chi connectivity index (χ0) is 22.6. The Morgan fingerprint density at radius 3 is 2.53 bits per heavy atom. The predicted octanol–water partition coefficient (Wildman–Crippen LogP) is 2.57. The van der Waals surface area contributed by atoms with Gasteiger partial charge in [-0.3, -0.25) is 9.36 Å². The molecule has 1 aliphatic heterocycles. The molecule has 4 aromatic rings. The van der Waals surface area contributed by atoms with E-state index in [1.54, 1.807) is 30.3 Å². The van der Waals surface area contributed by atoms with Crippen LogP contribution in [0.2, 0.25) is 0 Å². The van der Waals surface area contributed by atoms with Crippen LogP contribution in [0.15, 0.2) is 57.2 Å². The molecular formula is C24H22N4O4. The first-order valence-corrected chi connectivity index (χ1v) is 10.2. The van der Waals surface area contributed by atoms with Crippen LogP contribution in [0.3, 0.4) is 0 Å². The molecule has 0 spiro atoms. The largest absolute Gasteiger partial charge is 0.504 e. The van der Waals surface area contributed by atoms with Gasteiger partial charge in [-0.05, 0) is 44.4 Å². The van der Waals surface area contributed by atoms with Gasteiger partial charge in [0.1, 0.15) is 0 Å². The van der Waals surface area contributed by atoms with E-state index in [9.17, 15) is 15.0 Å². The molecule has 0 saturated heterocycles. The number of phenolic OH excluding ortho intramolecular Hbond substituents is 1. The molecule has 32 heavy (non-hydrogen) atoms. The normalized spacial score (nSPS) is 12.9. The molecule has 0 radical (unpaired) electrons. The molecule has 2 heterocycles. The van der Waals surface area contributed by atoms with E-state index >= 15 is 0 Å². The highest BCUT2D eigenvalue weighted by atomic mass is 16.5. The summed E-state index contributed by atoms with van der Waals surface area (Å²) in [7, 11) is 5.32. The number of pyridine rings is 1. The zero-order valence-electron chi connectivity index (χ0n) is 18.0. The molecule has 0 atom stereocenters. The third-order valence-electron chi connectivity index (χ3n) is 5.74. The number of hydrogen-bond acceptors (Lipinski definition) is 7. The number of ether oxygens (including phenoxy) is 1. The lowest BCUT2D eigenvalue weighted by Crippen LogP contribution is -2.27. The molecule has 5 rings (SSSR count). The second-order valence-electron chi connectivity index (χ2n) is 8.04. The van der Waals surface area contributed by atoms with E-state index in [4.69, 9.17) is 9.73 Å². The molecule has 8 heteroatoms. The van der Waals surface area contributed by atoms with Gasteiger partial charge in [-0.15, -0.1) is 0 Å². The molecule has 0 saturated carbocycles. The number of fused-ring (bicyclic) bond motifs is 2. The summed E-state index contributed by atoms with van der Waals surface area (Å²) in [5.41, 5.74) is 1.00. The highest BCUT2D eigenvalue weighted by molar-refractivity contribution is 6.14. The minimum Gasteiger partial charge on any atom is -0.504 e. The van der Waals surface area contributed by atoms with Gasteiger partial charge in [-0.2, -0.15) is 0 Å². The highest BCUT2D eigenvalue weighted by Crippen LogP contribution is 2.34. The van der Waals surface area contributed by atoms with Crippen LogP contribution < -0.4 is 15.7 Å². The van der Waals surface area contributed by atoms with Crippen LogP contribution in [0, 0.1) is 0 Å². The van der Waals surface area contributed by atoms with E-state index in [2.05, 4.69) is 4.99 Å². The van der Waals surface area contributed by atoms with E-state index in [0.717, 1.165) is 5.39 Å². The Kier molecular flexibility index (Phi) is 4.60. The Morgan fingerprint density at radius 2 is 1.81 bits per heavy atom. The van der Waals surface area contributed by atoms with E-state index < -0.39 is 0 Å². The summed E-state index contributed by atoms with van der Waals surface area (Å²) in [6, 6.07) is 12.2. The fourth-order valence-electron chi connectivity index (χ4n) is 4.11. The number of amidine groups is 1. The average molecular weight is 430 g/mol. The van der Waals surface area contributed by atoms with Gasteiger partial charge in [0.2, 0.25) is 5.88 Å². The third kappa shape index (κ3) is 2.99. The number of rotatable bonds is 5. The summed E-state index contributed by atoms with van der Waals surface area (Å²) in [4.78, 5) is 24.4. The SMILES string of the molecule is COc1ccc(C2=Nc3cc4c(O)n(CCN(C)C)c(=O)c5cccc(c3=N2)c45)cc1O. The lowest BCUT2D eigenvalue weighted by Gasteiger charge is -2.16. The van der Waals surface area contributed by atoms with Crippen molar-refractivity contribution in [1.29, 1.82) is 0 Å². The van der Waals surface area contributed by atoms with Crippen molar-refractivity contribution in [2.24, 2.45) is 9.98 Å². The molecule has 0 fully saturated rings. The number of aromatic nitrogens is 1. The summed E-state index contributed by atoms with van der Waals surface area (Å²) in [6.45, 7) is 0.985. The van der Waals surface area contributed by atoms with Crippen LogP contribution in [0.25, 0.3) is 21.5 Å². The molecule has 2 N–H and O–H groups in total. The molecular weight excluding hydrogens is 408 g/mol. The molecule has 1 aliphatic rings. The zero-order valence-corrected chi connectivity index (χ0v) is 18.0. The van der Waals surface area contributed by atoms with E-state index in [1.807, 2.05) is 31.1 Å². The number of phenols is 1. The van der Waals surface area contributed by atoms with Crippen LogP contribution in [-0.4, -0.2) is 53.3 Å². The van der Waals surface area contributed by atoms with Gasteiger partial charge in [0.15, 0.2) is 17.3 Å². The lowest BCUT2D eigenvalue weighted by molar-refractivity contribution is 0.353. The smallest absolute Gasteiger partial charge is 0.261 e. The minimum absolute atomic E-state index is 0.00212. The van der Waals surface area contributed by atoms with E-state index in [0.29, 0.717) is 57.4 Å². The Labute approximate surface area is 183 Å². The van der Waals surface area contributed by atoms with Crippen molar-refractivity contribution in [3.63, 3.8) is 0 Å². The van der Waals surface area contributed by atoms with Gasteiger partial charge < -0.3 is 19.8 Å². The van der Waals surface area contributed by atoms with Gasteiger partial charge in [0.05, 0.1) is 18.2 Å². The van der Waals surface area contributed by atoms with E-state index in [-0.39, 0.29) is 17.2 Å². The second kappa shape index (κ2) is 7.35. The standard InChI is InChI=1S/C24H22N4O4/c1-27(2)9-10-28-23(30)15-6-4-5-14-20(15)16(24(28)31)12-17-21(14)26-22(25-17)13-7-8-19(32-3)18(29)11-13/h4-8,11-12,29,31H,9-10H2,1-3H3. The van der Waals surface area contributed by atoms with Crippen LogP contribution >= 0.6 is 0 Å². The summed E-state index contributed by atoms with van der Waals surface area (Å²) in [6.07, 6.45) is 0. The number of aromatic hydroxyl groups is 2. The number of aliphatic imine (C=N–C) groups is 1. The van der Waals surface area contributed by atoms with Crippen molar-refractivity contribution < 1.29 is 14.9 Å². The molecule has 8 nitrogen and oxygen atoms in total. The fraction of sp³-hybridized carbons (Fsp3) is 0.208. The average Bonchev–Trinajstić information content (AvgIpc) is 3.21. The van der Waals surface area contributed by atoms with Crippen molar-refractivity contribution in [3.05, 3.63) is 63.7 Å². The van der Waals surface area contributed by atoms with Gasteiger partial charge in [0, 0.05) is 40.2 Å². The van der Waals surface area contributed by atoms with Crippen molar-refractivity contribution in [3.8, 4) is 17.4 Å². The molecule has 162 valence electrons. The van der Waals surface area contributed by atoms with Gasteiger partial charge in [-0.1, -0.05) is 12.1 Å². The number of hydrogen-bond donors (Lipinski definition) is 2. The van der Waals surface area contributed by atoms with E-state index in [1.165, 1.54) is 11.7 Å². The van der Waals surface area contributed by atoms with Gasteiger partial charge in [-0.25, -0.2) is 9.98 Å². The highest BCUT2D eigenvalue weighted by Gasteiger charge is 2.21. The Balaban J connectivity index is 1.74. The molecule has 0 amide bonds. The first-order valence-electron chi connectivity index (χ1n) is 10.2. The van der Waals surface area contributed by atoms with Crippen molar-refractivity contribution in [1.82, 2.24) is 9.47 Å². The van der Waals surface area contributed by atoms with Crippen LogP contribution in [0.4, 0.5) is 5.69 Å². The maximum atomic E-state index is 13.1. The first-order chi connectivity index (χ1) is 15.4. The molecule has 0 unspecified atom stereocenters. The van der Waals surface area contributed by atoms with Crippen LogP contribution in [-0.2, 0) is 6.54 Å². The summed E-state index contributed by atoms with van der Waals surface area (Å²) in [5, 5.41) is 24.3. The van der Waals surface area contributed by atoms with Gasteiger partial charge >= 0.3 is 0 Å². The fourth-order valence-corrected chi connectivity index (χ4v) is 4.11. The molecule has 0 aliphatic carbocycles. The Bertz CT molecular complexity index is 1540. The first kappa shape index (κ1) is 20.0. The maximum absolute atomic E-state index is 13.1. The van der Waals surface area contributed by atoms with Crippen LogP contribution in [0.1, 0.15) is 5.56 Å². The van der Waals surface area contributed by atoms with Crippen LogP contribution in [0.5, 0.6) is 17.4 Å². The van der Waals surface area contributed by atoms with Crippen molar-refractivity contribution >= 4 is 33.1 Å². The van der Waals surface area contributed by atoms with Crippen molar-refractivity contribution in [2.45, 2.75) is 6.54 Å². The number of nitrogens with zero attached hydrogens (tertiary/aromatic N) is 4. The van der Waals surface area contributed by atoms with Gasteiger partial charge in [0.25, 0.3) is 5.56 Å². The Hall–Kier alpha value is -3.91. The lowest BCUT2D eigenvalue weighted by atomic mass is 10.0. The maximum Gasteiger partial charge on any atom is 0.261 e. The topological polar surface area (TPSA) is 99.7 Å². The third-order valence-corrected chi connectivity index (χ3v) is 5.74. The number of likely N-dealkylation sites (N-methyl/N-ethyl adjacent to an activating group) is 1. The second-order valence-corrected chi connectivity index (χ2v) is 8.04.